The average molecular weight is 337 g/mol. The number of benzene rings is 2. The number of carbonyl (C=O) groups is 2. The SMILES string of the molecule is NCc1ccc(C(=O)NCCCNC(=O)/C=C/c2ccccc2)cc1. The molecule has 0 atom stereocenters. The van der Waals surface area contributed by atoms with E-state index in [9.17, 15) is 9.59 Å². The molecule has 2 amide bonds. The maximum Gasteiger partial charge on any atom is 0.251 e. The molecule has 5 heteroatoms. The third-order valence-corrected chi connectivity index (χ3v) is 3.62. The Bertz CT molecular complexity index is 709. The van der Waals surface area contributed by atoms with Gasteiger partial charge in [-0.2, -0.15) is 0 Å². The maximum atomic E-state index is 12.0. The van der Waals surface area contributed by atoms with E-state index in [1.165, 1.54) is 6.08 Å². The number of carbonyl (C=O) groups excluding carboxylic acids is 2. The van der Waals surface area contributed by atoms with E-state index in [-0.39, 0.29) is 11.8 Å². The van der Waals surface area contributed by atoms with Crippen LogP contribution in [0.15, 0.2) is 60.7 Å². The van der Waals surface area contributed by atoms with E-state index in [0.29, 0.717) is 31.6 Å². The first-order valence-electron chi connectivity index (χ1n) is 8.27. The predicted octanol–water partition coefficient (Wildman–Crippen LogP) is 2.09. The monoisotopic (exact) mass is 337 g/mol. The zero-order chi connectivity index (χ0) is 17.9. The smallest absolute Gasteiger partial charge is 0.251 e. The van der Waals surface area contributed by atoms with Crippen molar-refractivity contribution in [2.75, 3.05) is 13.1 Å². The molecule has 25 heavy (non-hydrogen) atoms. The maximum absolute atomic E-state index is 12.0. The lowest BCUT2D eigenvalue weighted by atomic mass is 10.1. The summed E-state index contributed by atoms with van der Waals surface area (Å²) in [5.41, 5.74) is 8.10. The van der Waals surface area contributed by atoms with Gasteiger partial charge in [-0.3, -0.25) is 9.59 Å². The first-order chi connectivity index (χ1) is 12.2. The fourth-order valence-corrected chi connectivity index (χ4v) is 2.19. The van der Waals surface area contributed by atoms with Crippen LogP contribution in [0.2, 0.25) is 0 Å². The van der Waals surface area contributed by atoms with Crippen molar-refractivity contribution in [2.24, 2.45) is 5.73 Å². The third kappa shape index (κ3) is 6.61. The Kier molecular flexibility index (Phi) is 7.41. The second-order valence-corrected chi connectivity index (χ2v) is 5.55. The number of nitrogens with two attached hydrogens (primary N) is 1. The number of hydrogen-bond donors (Lipinski definition) is 3. The molecule has 2 aromatic rings. The highest BCUT2D eigenvalue weighted by atomic mass is 16.2. The van der Waals surface area contributed by atoms with Crippen LogP contribution in [0, 0.1) is 0 Å². The van der Waals surface area contributed by atoms with Crippen LogP contribution in [-0.4, -0.2) is 24.9 Å². The molecule has 0 radical (unpaired) electrons. The normalized spacial score (nSPS) is 10.6. The van der Waals surface area contributed by atoms with Gasteiger partial charge in [-0.1, -0.05) is 42.5 Å². The van der Waals surface area contributed by atoms with Crippen LogP contribution in [-0.2, 0) is 11.3 Å². The van der Waals surface area contributed by atoms with Gasteiger partial charge in [0, 0.05) is 31.3 Å². The molecule has 0 unspecified atom stereocenters. The highest BCUT2D eigenvalue weighted by molar-refractivity contribution is 5.94. The molecule has 0 aromatic heterocycles. The lowest BCUT2D eigenvalue weighted by Gasteiger charge is -2.06. The number of amides is 2. The van der Waals surface area contributed by atoms with Gasteiger partial charge in [-0.25, -0.2) is 0 Å². The Labute approximate surface area is 147 Å². The van der Waals surface area contributed by atoms with E-state index in [1.54, 1.807) is 18.2 Å². The molecule has 5 nitrogen and oxygen atoms in total. The van der Waals surface area contributed by atoms with Crippen LogP contribution in [0.5, 0.6) is 0 Å². The van der Waals surface area contributed by atoms with Crippen molar-refractivity contribution < 1.29 is 9.59 Å². The van der Waals surface area contributed by atoms with Gasteiger partial charge in [0.1, 0.15) is 0 Å². The molecule has 0 bridgehead atoms. The summed E-state index contributed by atoms with van der Waals surface area (Å²) in [5.74, 6) is -0.272. The van der Waals surface area contributed by atoms with E-state index in [0.717, 1.165) is 11.1 Å². The molecular weight excluding hydrogens is 314 g/mol. The van der Waals surface area contributed by atoms with Gasteiger partial charge in [0.25, 0.3) is 5.91 Å². The summed E-state index contributed by atoms with van der Waals surface area (Å²) in [6.07, 6.45) is 3.94. The van der Waals surface area contributed by atoms with Crippen molar-refractivity contribution in [3.8, 4) is 0 Å². The van der Waals surface area contributed by atoms with Crippen molar-refractivity contribution in [1.82, 2.24) is 10.6 Å². The fourth-order valence-electron chi connectivity index (χ4n) is 2.19. The Morgan fingerprint density at radius 1 is 0.920 bits per heavy atom. The van der Waals surface area contributed by atoms with Crippen LogP contribution in [0.25, 0.3) is 6.08 Å². The van der Waals surface area contributed by atoms with Crippen LogP contribution < -0.4 is 16.4 Å². The van der Waals surface area contributed by atoms with Gasteiger partial charge < -0.3 is 16.4 Å². The minimum absolute atomic E-state index is 0.126. The van der Waals surface area contributed by atoms with E-state index in [2.05, 4.69) is 10.6 Å². The van der Waals surface area contributed by atoms with Crippen molar-refractivity contribution >= 4 is 17.9 Å². The van der Waals surface area contributed by atoms with Crippen LogP contribution in [0.3, 0.4) is 0 Å². The standard InChI is InChI=1S/C20H23N3O2/c21-15-17-7-10-18(11-8-17)20(25)23-14-4-13-22-19(24)12-9-16-5-2-1-3-6-16/h1-3,5-12H,4,13-15,21H2,(H,22,24)(H,23,25)/b12-9+. The van der Waals surface area contributed by atoms with Gasteiger partial charge in [-0.05, 0) is 35.8 Å². The first-order valence-corrected chi connectivity index (χ1v) is 8.27. The molecule has 0 aliphatic heterocycles. The lowest BCUT2D eigenvalue weighted by Crippen LogP contribution is -2.29. The Hall–Kier alpha value is -2.92. The molecular formula is C20H23N3O2. The molecule has 130 valence electrons. The van der Waals surface area contributed by atoms with Gasteiger partial charge in [0.2, 0.25) is 5.91 Å². The van der Waals surface area contributed by atoms with Gasteiger partial charge in [0.05, 0.1) is 0 Å². The molecule has 0 saturated carbocycles. The Morgan fingerprint density at radius 2 is 1.60 bits per heavy atom. The fraction of sp³-hybridized carbons (Fsp3) is 0.200. The summed E-state index contributed by atoms with van der Waals surface area (Å²) in [6.45, 7) is 1.46. The predicted molar refractivity (Wildman–Crippen MR) is 99.8 cm³/mol. The molecule has 2 aromatic carbocycles. The highest BCUT2D eigenvalue weighted by Gasteiger charge is 2.04. The lowest BCUT2D eigenvalue weighted by molar-refractivity contribution is -0.116. The summed E-state index contributed by atoms with van der Waals surface area (Å²) in [4.78, 5) is 23.7. The topological polar surface area (TPSA) is 84.2 Å². The average Bonchev–Trinajstić information content (AvgIpc) is 2.67. The summed E-state index contributed by atoms with van der Waals surface area (Å²) in [5, 5.41) is 5.62. The zero-order valence-corrected chi connectivity index (χ0v) is 14.1. The van der Waals surface area contributed by atoms with E-state index < -0.39 is 0 Å². The molecule has 0 saturated heterocycles. The third-order valence-electron chi connectivity index (χ3n) is 3.62. The summed E-state index contributed by atoms with van der Waals surface area (Å²) in [6, 6.07) is 16.8. The highest BCUT2D eigenvalue weighted by Crippen LogP contribution is 2.03. The second kappa shape index (κ2) is 10.1. The van der Waals surface area contributed by atoms with Crippen molar-refractivity contribution in [3.05, 3.63) is 77.4 Å². The minimum atomic E-state index is -0.146. The van der Waals surface area contributed by atoms with Crippen LogP contribution in [0.1, 0.15) is 27.9 Å². The molecule has 0 spiro atoms. The second-order valence-electron chi connectivity index (χ2n) is 5.55. The first kappa shape index (κ1) is 18.4. The number of rotatable bonds is 8. The molecule has 0 heterocycles. The van der Waals surface area contributed by atoms with Crippen molar-refractivity contribution in [2.45, 2.75) is 13.0 Å². The van der Waals surface area contributed by atoms with Crippen molar-refractivity contribution in [1.29, 1.82) is 0 Å². The quantitative estimate of drug-likeness (QED) is 0.509. The largest absolute Gasteiger partial charge is 0.352 e. The van der Waals surface area contributed by atoms with Gasteiger partial charge in [-0.15, -0.1) is 0 Å². The number of nitrogens with one attached hydrogen (secondary N) is 2. The summed E-state index contributed by atoms with van der Waals surface area (Å²) >= 11 is 0. The van der Waals surface area contributed by atoms with Gasteiger partial charge >= 0.3 is 0 Å². The van der Waals surface area contributed by atoms with E-state index in [4.69, 9.17) is 5.73 Å². The summed E-state index contributed by atoms with van der Waals surface area (Å²) in [7, 11) is 0. The van der Waals surface area contributed by atoms with E-state index >= 15 is 0 Å². The number of hydrogen-bond acceptors (Lipinski definition) is 3. The molecule has 4 N–H and O–H groups in total. The zero-order valence-electron chi connectivity index (χ0n) is 14.1. The van der Waals surface area contributed by atoms with Gasteiger partial charge in [0.15, 0.2) is 0 Å². The summed E-state index contributed by atoms with van der Waals surface area (Å²) < 4.78 is 0. The Morgan fingerprint density at radius 3 is 2.28 bits per heavy atom. The molecule has 0 aliphatic carbocycles. The molecule has 2 rings (SSSR count). The van der Waals surface area contributed by atoms with Crippen LogP contribution >= 0.6 is 0 Å². The molecule has 0 aliphatic rings. The van der Waals surface area contributed by atoms with Crippen molar-refractivity contribution in [3.63, 3.8) is 0 Å². The van der Waals surface area contributed by atoms with E-state index in [1.807, 2.05) is 42.5 Å². The minimum Gasteiger partial charge on any atom is -0.352 e. The van der Waals surface area contributed by atoms with Crippen LogP contribution in [0.4, 0.5) is 0 Å². The Balaban J connectivity index is 1.63. The molecule has 0 fully saturated rings.